The zero-order valence-corrected chi connectivity index (χ0v) is 31.0. The molecule has 3 fully saturated rings. The number of anilines is 2. The zero-order valence-electron chi connectivity index (χ0n) is 31.0. The van der Waals surface area contributed by atoms with E-state index in [1.165, 1.54) is 22.9 Å². The van der Waals surface area contributed by atoms with Crippen LogP contribution < -0.4 is 19.9 Å². The number of imide groups is 2. The molecule has 0 radical (unpaired) electrons. The largest absolute Gasteiger partial charge is 0.508 e. The molecule has 0 bridgehead atoms. The molecule has 4 amide bonds. The fourth-order valence-corrected chi connectivity index (χ4v) is 9.32. The Morgan fingerprint density at radius 2 is 1.46 bits per heavy atom. The van der Waals surface area contributed by atoms with Crippen LogP contribution in [0.15, 0.2) is 84.9 Å². The molecular formula is C44H44FN5O6. The van der Waals surface area contributed by atoms with Crippen LogP contribution in [-0.2, 0) is 9.59 Å². The average molecular weight is 758 g/mol. The molecule has 0 spiro atoms. The van der Waals surface area contributed by atoms with E-state index in [2.05, 4.69) is 63.6 Å². The van der Waals surface area contributed by atoms with Gasteiger partial charge in [0.1, 0.15) is 23.4 Å². The highest BCUT2D eigenvalue weighted by atomic mass is 19.1. The molecule has 4 aromatic carbocycles. The van der Waals surface area contributed by atoms with Crippen molar-refractivity contribution in [1.29, 1.82) is 0 Å². The SMILES string of the molecule is O=C1CCC(N2C(=O)c3cc(F)c(N4CCN(CC5CCN(c6ccc([C@H]7c8ccc(O)cc8OC[C@H]7c7ccccc7)cc6)CC5)CC4)cc3C2=O)C(=O)N1. The normalized spacial score (nSPS) is 23.2. The molecule has 288 valence electrons. The summed E-state index contributed by atoms with van der Waals surface area (Å²) in [6.45, 7) is 6.14. The van der Waals surface area contributed by atoms with Crippen LogP contribution >= 0.6 is 0 Å². The number of ether oxygens (including phenoxy) is 1. The lowest BCUT2D eigenvalue weighted by Gasteiger charge is -2.40. The Bertz CT molecular complexity index is 2180. The molecule has 9 rings (SSSR count). The van der Waals surface area contributed by atoms with Crippen LogP contribution in [0.1, 0.15) is 74.9 Å². The molecule has 0 aliphatic carbocycles. The number of hydrogen-bond donors (Lipinski definition) is 2. The number of fused-ring (bicyclic) bond motifs is 2. The molecule has 1 unspecified atom stereocenters. The van der Waals surface area contributed by atoms with Gasteiger partial charge in [-0.1, -0.05) is 48.5 Å². The van der Waals surface area contributed by atoms with Crippen LogP contribution in [0.4, 0.5) is 15.8 Å². The van der Waals surface area contributed by atoms with E-state index in [4.69, 9.17) is 4.74 Å². The number of aromatic hydroxyl groups is 1. The third-order valence-corrected chi connectivity index (χ3v) is 12.3. The summed E-state index contributed by atoms with van der Waals surface area (Å²) in [6.07, 6.45) is 2.23. The number of benzene rings is 4. The Hall–Kier alpha value is -5.75. The highest BCUT2D eigenvalue weighted by molar-refractivity contribution is 6.23. The van der Waals surface area contributed by atoms with Crippen LogP contribution in [0.2, 0.25) is 0 Å². The number of amides is 4. The lowest BCUT2D eigenvalue weighted by atomic mass is 9.76. The van der Waals surface area contributed by atoms with Crippen molar-refractivity contribution < 1.29 is 33.4 Å². The highest BCUT2D eigenvalue weighted by Crippen LogP contribution is 2.47. The van der Waals surface area contributed by atoms with Crippen molar-refractivity contribution >= 4 is 35.0 Å². The van der Waals surface area contributed by atoms with Crippen molar-refractivity contribution in [3.8, 4) is 11.5 Å². The van der Waals surface area contributed by atoms with Gasteiger partial charge >= 0.3 is 0 Å². The molecule has 0 aromatic heterocycles. The van der Waals surface area contributed by atoms with Gasteiger partial charge in [0.2, 0.25) is 11.8 Å². The van der Waals surface area contributed by atoms with Gasteiger partial charge in [-0.2, -0.15) is 0 Å². The lowest BCUT2D eigenvalue weighted by Crippen LogP contribution is -2.54. The summed E-state index contributed by atoms with van der Waals surface area (Å²) in [7, 11) is 0. The number of halogens is 1. The maximum atomic E-state index is 15.5. The third-order valence-electron chi connectivity index (χ3n) is 12.3. The molecule has 2 N–H and O–H groups in total. The molecule has 5 aliphatic heterocycles. The van der Waals surface area contributed by atoms with Gasteiger partial charge in [-0.3, -0.25) is 34.3 Å². The zero-order chi connectivity index (χ0) is 38.5. The minimum Gasteiger partial charge on any atom is -0.508 e. The van der Waals surface area contributed by atoms with Crippen molar-refractivity contribution in [3.63, 3.8) is 0 Å². The Kier molecular flexibility index (Phi) is 9.44. The molecule has 56 heavy (non-hydrogen) atoms. The second kappa shape index (κ2) is 14.7. The maximum absolute atomic E-state index is 15.5. The van der Waals surface area contributed by atoms with Crippen LogP contribution in [0, 0.1) is 11.7 Å². The van der Waals surface area contributed by atoms with Crippen LogP contribution in [0.3, 0.4) is 0 Å². The van der Waals surface area contributed by atoms with Crippen LogP contribution in [0.25, 0.3) is 0 Å². The number of hydrogen-bond acceptors (Lipinski definition) is 9. The van der Waals surface area contributed by atoms with Gasteiger partial charge in [-0.05, 0) is 66.6 Å². The van der Waals surface area contributed by atoms with E-state index in [9.17, 15) is 24.3 Å². The molecule has 3 atom stereocenters. The Labute approximate surface area is 324 Å². The number of nitrogens with one attached hydrogen (secondary N) is 1. The van der Waals surface area contributed by atoms with Gasteiger partial charge in [0.05, 0.1) is 23.4 Å². The summed E-state index contributed by atoms with van der Waals surface area (Å²) < 4.78 is 21.6. The number of piperidine rings is 2. The molecule has 0 saturated carbocycles. The molecule has 11 nitrogen and oxygen atoms in total. The van der Waals surface area contributed by atoms with E-state index in [0.29, 0.717) is 25.6 Å². The first kappa shape index (κ1) is 35.9. The molecule has 12 heteroatoms. The number of phenolic OH excluding ortho intramolecular Hbond substituents is 1. The lowest BCUT2D eigenvalue weighted by molar-refractivity contribution is -0.136. The molecule has 3 saturated heterocycles. The minimum atomic E-state index is -1.09. The van der Waals surface area contributed by atoms with Crippen molar-refractivity contribution in [2.75, 3.05) is 62.2 Å². The summed E-state index contributed by atoms with van der Waals surface area (Å²) in [5.41, 5.74) is 5.07. The Morgan fingerprint density at radius 3 is 2.18 bits per heavy atom. The molecule has 5 aliphatic rings. The van der Waals surface area contributed by atoms with E-state index in [1.54, 1.807) is 12.1 Å². The summed E-state index contributed by atoms with van der Waals surface area (Å²) in [5, 5.41) is 12.3. The number of phenols is 1. The van der Waals surface area contributed by atoms with E-state index in [1.807, 2.05) is 17.0 Å². The Morgan fingerprint density at radius 1 is 0.750 bits per heavy atom. The highest BCUT2D eigenvalue weighted by Gasteiger charge is 2.45. The first-order chi connectivity index (χ1) is 27.2. The monoisotopic (exact) mass is 757 g/mol. The second-order valence-corrected chi connectivity index (χ2v) is 15.6. The average Bonchev–Trinajstić information content (AvgIpc) is 3.45. The van der Waals surface area contributed by atoms with Crippen molar-refractivity contribution in [2.24, 2.45) is 5.92 Å². The van der Waals surface area contributed by atoms with Gasteiger partial charge < -0.3 is 19.6 Å². The molecular weight excluding hydrogens is 714 g/mol. The summed E-state index contributed by atoms with van der Waals surface area (Å²) in [5.74, 6) is -1.31. The van der Waals surface area contributed by atoms with E-state index < -0.39 is 35.5 Å². The number of carbonyl (C=O) groups is 4. The van der Waals surface area contributed by atoms with Crippen LogP contribution in [0.5, 0.6) is 11.5 Å². The van der Waals surface area contributed by atoms with Gasteiger partial charge in [0, 0.05) is 81.4 Å². The van der Waals surface area contributed by atoms with Crippen molar-refractivity contribution in [2.45, 2.75) is 43.6 Å². The number of piperazine rings is 1. The van der Waals surface area contributed by atoms with Gasteiger partial charge in [-0.15, -0.1) is 0 Å². The summed E-state index contributed by atoms with van der Waals surface area (Å²) >= 11 is 0. The van der Waals surface area contributed by atoms with Crippen molar-refractivity contribution in [1.82, 2.24) is 15.1 Å². The van der Waals surface area contributed by atoms with E-state index in [-0.39, 0.29) is 47.2 Å². The summed E-state index contributed by atoms with van der Waals surface area (Å²) in [4.78, 5) is 58.2. The third kappa shape index (κ3) is 6.65. The second-order valence-electron chi connectivity index (χ2n) is 15.6. The number of rotatable bonds is 7. The predicted octanol–water partition coefficient (Wildman–Crippen LogP) is 5.28. The fourth-order valence-electron chi connectivity index (χ4n) is 9.32. The predicted molar refractivity (Wildman–Crippen MR) is 208 cm³/mol. The number of carbonyl (C=O) groups excluding carboxylic acids is 4. The van der Waals surface area contributed by atoms with Gasteiger partial charge in [0.25, 0.3) is 11.8 Å². The number of nitrogens with zero attached hydrogens (tertiary/aromatic N) is 4. The molecule has 5 heterocycles. The topological polar surface area (TPSA) is 123 Å². The van der Waals surface area contributed by atoms with E-state index >= 15 is 4.39 Å². The van der Waals surface area contributed by atoms with Gasteiger partial charge in [-0.25, -0.2) is 4.39 Å². The fraction of sp³-hybridized carbons (Fsp3) is 0.364. The van der Waals surface area contributed by atoms with Crippen molar-refractivity contribution in [3.05, 3.63) is 119 Å². The quantitative estimate of drug-likeness (QED) is 0.243. The standard InChI is InChI=1S/C44H44FN5O6/c45-36-23-33-34(44(55)50(43(33)54)37-12-13-40(52)46-42(37)53)24-38(36)49-20-18-47(19-21-49)25-27-14-16-48(17-15-27)30-8-6-29(7-9-30)41-32-11-10-31(51)22-39(32)56-26-35(41)28-4-2-1-3-5-28/h1-11,22-24,27,35,37,41,51H,12-21,25-26H2,(H,46,52,53)/t35-,37?,41-/m0/s1. The van der Waals surface area contributed by atoms with E-state index in [0.717, 1.165) is 67.8 Å². The van der Waals surface area contributed by atoms with Gasteiger partial charge in [0.15, 0.2) is 0 Å². The first-order valence-corrected chi connectivity index (χ1v) is 19.6. The first-order valence-electron chi connectivity index (χ1n) is 19.6. The summed E-state index contributed by atoms with van der Waals surface area (Å²) in [6, 6.07) is 26.4. The Balaban J connectivity index is 0.799. The maximum Gasteiger partial charge on any atom is 0.262 e. The molecule has 4 aromatic rings. The minimum absolute atomic E-state index is 0.0262. The smallest absolute Gasteiger partial charge is 0.262 e. The van der Waals surface area contributed by atoms with Crippen LogP contribution in [-0.4, -0.2) is 97.0 Å².